The van der Waals surface area contributed by atoms with Gasteiger partial charge in [-0.1, -0.05) is 24.5 Å². The molecule has 0 aromatic heterocycles. The molecule has 14 heavy (non-hydrogen) atoms. The van der Waals surface area contributed by atoms with Gasteiger partial charge in [0.25, 0.3) is 0 Å². The van der Waals surface area contributed by atoms with Crippen LogP contribution in [0.15, 0.2) is 11.6 Å². The Morgan fingerprint density at radius 3 is 2.79 bits per heavy atom. The first-order valence-electron chi connectivity index (χ1n) is 6.34. The van der Waals surface area contributed by atoms with Crippen LogP contribution in [-0.2, 0) is 0 Å². The predicted octanol–water partition coefficient (Wildman–Crippen LogP) is 3.27. The van der Waals surface area contributed by atoms with Crippen molar-refractivity contribution in [2.75, 3.05) is 13.1 Å². The van der Waals surface area contributed by atoms with Gasteiger partial charge in [-0.05, 0) is 57.5 Å². The maximum Gasteiger partial charge on any atom is -0.00115 e. The fourth-order valence-corrected chi connectivity index (χ4v) is 2.73. The highest BCUT2D eigenvalue weighted by atomic mass is 14.9. The van der Waals surface area contributed by atoms with Crippen LogP contribution < -0.4 is 5.32 Å². The van der Waals surface area contributed by atoms with Gasteiger partial charge in [0.05, 0.1) is 0 Å². The summed E-state index contributed by atoms with van der Waals surface area (Å²) in [5, 5.41) is 3.61. The lowest BCUT2D eigenvalue weighted by molar-refractivity contribution is 0.491. The molecule has 0 aliphatic heterocycles. The van der Waals surface area contributed by atoms with Crippen LogP contribution in [0.25, 0.3) is 0 Å². The Morgan fingerprint density at radius 1 is 1.21 bits per heavy atom. The van der Waals surface area contributed by atoms with E-state index in [4.69, 9.17) is 0 Å². The van der Waals surface area contributed by atoms with Crippen molar-refractivity contribution in [1.29, 1.82) is 0 Å². The maximum atomic E-state index is 3.61. The van der Waals surface area contributed by atoms with Gasteiger partial charge in [-0.2, -0.15) is 0 Å². The summed E-state index contributed by atoms with van der Waals surface area (Å²) in [6, 6.07) is 0. The molecule has 1 saturated carbocycles. The van der Waals surface area contributed by atoms with Crippen molar-refractivity contribution in [3.63, 3.8) is 0 Å². The molecule has 0 heterocycles. The highest BCUT2D eigenvalue weighted by molar-refractivity contribution is 5.07. The quantitative estimate of drug-likeness (QED) is 0.522. The molecule has 0 spiro atoms. The van der Waals surface area contributed by atoms with Gasteiger partial charge in [-0.25, -0.2) is 0 Å². The third-order valence-electron chi connectivity index (χ3n) is 3.67. The lowest BCUT2D eigenvalue weighted by Gasteiger charge is -2.10. The first-order chi connectivity index (χ1) is 6.95. The summed E-state index contributed by atoms with van der Waals surface area (Å²) in [7, 11) is 0. The number of nitrogens with one attached hydrogen (secondary N) is 1. The molecule has 1 fully saturated rings. The molecule has 2 aliphatic rings. The lowest BCUT2D eigenvalue weighted by Crippen LogP contribution is -2.22. The summed E-state index contributed by atoms with van der Waals surface area (Å²) in [5.74, 6) is 0.993. The van der Waals surface area contributed by atoms with Gasteiger partial charge in [-0.15, -0.1) is 0 Å². The van der Waals surface area contributed by atoms with Crippen molar-refractivity contribution >= 4 is 0 Å². The van der Waals surface area contributed by atoms with Crippen LogP contribution in [0.3, 0.4) is 0 Å². The summed E-state index contributed by atoms with van der Waals surface area (Å²) >= 11 is 0. The van der Waals surface area contributed by atoms with Crippen LogP contribution in [-0.4, -0.2) is 13.1 Å². The van der Waals surface area contributed by atoms with E-state index in [1.165, 1.54) is 64.5 Å². The van der Waals surface area contributed by atoms with Gasteiger partial charge in [0.15, 0.2) is 0 Å². The molecule has 1 nitrogen and oxygen atoms in total. The monoisotopic (exact) mass is 193 g/mol. The van der Waals surface area contributed by atoms with Crippen LogP contribution in [0, 0.1) is 5.92 Å². The van der Waals surface area contributed by atoms with Gasteiger partial charge in [0.2, 0.25) is 0 Å². The van der Waals surface area contributed by atoms with E-state index in [9.17, 15) is 0 Å². The summed E-state index contributed by atoms with van der Waals surface area (Å²) < 4.78 is 0. The van der Waals surface area contributed by atoms with Crippen molar-refractivity contribution in [2.24, 2.45) is 5.92 Å². The molecule has 1 N–H and O–H groups in total. The summed E-state index contributed by atoms with van der Waals surface area (Å²) in [6.07, 6.45) is 13.7. The predicted molar refractivity (Wildman–Crippen MR) is 61.4 cm³/mol. The highest BCUT2D eigenvalue weighted by Crippen LogP contribution is 2.24. The number of rotatable bonds is 5. The SMILES string of the molecule is C1=C(CCNCC2CCCC2)CCC1. The van der Waals surface area contributed by atoms with E-state index < -0.39 is 0 Å². The van der Waals surface area contributed by atoms with E-state index in [1.54, 1.807) is 5.57 Å². The minimum Gasteiger partial charge on any atom is -0.316 e. The Hall–Kier alpha value is -0.300. The zero-order valence-electron chi connectivity index (χ0n) is 9.23. The van der Waals surface area contributed by atoms with Crippen LogP contribution in [0.4, 0.5) is 0 Å². The molecule has 0 aromatic carbocycles. The molecule has 1 heteroatoms. The largest absolute Gasteiger partial charge is 0.316 e. The minimum absolute atomic E-state index is 0.993. The van der Waals surface area contributed by atoms with Gasteiger partial charge >= 0.3 is 0 Å². The van der Waals surface area contributed by atoms with Gasteiger partial charge in [0, 0.05) is 0 Å². The number of hydrogen-bond acceptors (Lipinski definition) is 1. The number of hydrogen-bond donors (Lipinski definition) is 1. The third-order valence-corrected chi connectivity index (χ3v) is 3.67. The summed E-state index contributed by atoms with van der Waals surface area (Å²) in [4.78, 5) is 0. The smallest absolute Gasteiger partial charge is 0.00115 e. The van der Waals surface area contributed by atoms with E-state index in [-0.39, 0.29) is 0 Å². The van der Waals surface area contributed by atoms with Crippen LogP contribution in [0.2, 0.25) is 0 Å². The van der Waals surface area contributed by atoms with E-state index in [0.29, 0.717) is 0 Å². The fraction of sp³-hybridized carbons (Fsp3) is 0.846. The highest BCUT2D eigenvalue weighted by Gasteiger charge is 2.13. The van der Waals surface area contributed by atoms with Gasteiger partial charge in [-0.3, -0.25) is 0 Å². The standard InChI is InChI=1S/C13H23N/c1-2-6-12(5-1)9-10-14-11-13-7-3-4-8-13/h5,13-14H,1-4,6-11H2. The fourth-order valence-electron chi connectivity index (χ4n) is 2.73. The van der Waals surface area contributed by atoms with E-state index >= 15 is 0 Å². The number of allylic oxidation sites excluding steroid dienone is 1. The second-order valence-electron chi connectivity index (χ2n) is 4.86. The topological polar surface area (TPSA) is 12.0 Å². The molecule has 0 atom stereocenters. The Bertz CT molecular complexity index is 189. The van der Waals surface area contributed by atoms with Crippen LogP contribution in [0.1, 0.15) is 51.4 Å². The summed E-state index contributed by atoms with van der Waals surface area (Å²) in [6.45, 7) is 2.48. The zero-order chi connectivity index (χ0) is 9.64. The molecule has 0 saturated heterocycles. The van der Waals surface area contributed by atoms with E-state index in [0.717, 1.165) is 5.92 Å². The maximum absolute atomic E-state index is 3.61. The third kappa shape index (κ3) is 3.13. The molecule has 2 rings (SSSR count). The molecule has 0 radical (unpaired) electrons. The molecule has 0 bridgehead atoms. The zero-order valence-corrected chi connectivity index (χ0v) is 9.23. The average molecular weight is 193 g/mol. The lowest BCUT2D eigenvalue weighted by atomic mass is 10.1. The first-order valence-corrected chi connectivity index (χ1v) is 6.34. The molecule has 0 unspecified atom stereocenters. The average Bonchev–Trinajstić information content (AvgIpc) is 2.86. The van der Waals surface area contributed by atoms with Gasteiger partial charge in [0.1, 0.15) is 0 Å². The Morgan fingerprint density at radius 2 is 2.07 bits per heavy atom. The van der Waals surface area contributed by atoms with Crippen molar-refractivity contribution in [3.05, 3.63) is 11.6 Å². The van der Waals surface area contributed by atoms with Crippen molar-refractivity contribution in [2.45, 2.75) is 51.4 Å². The summed E-state index contributed by atoms with van der Waals surface area (Å²) in [5.41, 5.74) is 1.70. The van der Waals surface area contributed by atoms with Crippen molar-refractivity contribution in [3.8, 4) is 0 Å². The second kappa shape index (κ2) is 5.55. The Kier molecular flexibility index (Phi) is 4.05. The second-order valence-corrected chi connectivity index (χ2v) is 4.86. The molecule has 0 amide bonds. The first kappa shape index (κ1) is 10.2. The Balaban J connectivity index is 1.50. The van der Waals surface area contributed by atoms with Gasteiger partial charge < -0.3 is 5.32 Å². The molecule has 2 aliphatic carbocycles. The van der Waals surface area contributed by atoms with Crippen LogP contribution in [0.5, 0.6) is 0 Å². The van der Waals surface area contributed by atoms with Crippen LogP contribution >= 0.6 is 0 Å². The minimum atomic E-state index is 0.993. The molecule has 0 aromatic rings. The van der Waals surface area contributed by atoms with Crippen molar-refractivity contribution in [1.82, 2.24) is 5.32 Å². The molecular weight excluding hydrogens is 170 g/mol. The van der Waals surface area contributed by atoms with E-state index in [1.807, 2.05) is 0 Å². The molecular formula is C13H23N. The Labute approximate surface area is 88.0 Å². The molecule has 80 valence electrons. The normalized spacial score (nSPS) is 23.0. The van der Waals surface area contributed by atoms with E-state index in [2.05, 4.69) is 11.4 Å². The van der Waals surface area contributed by atoms with Crippen molar-refractivity contribution < 1.29 is 0 Å².